The molecule has 1 aliphatic rings. The van der Waals surface area contributed by atoms with Gasteiger partial charge in [-0.25, -0.2) is 9.78 Å². The van der Waals surface area contributed by atoms with Crippen molar-refractivity contribution in [1.82, 2.24) is 9.88 Å². The number of esters is 1. The number of likely N-dealkylation sites (tertiary alicyclic amines) is 1. The molecule has 156 valence electrons. The fourth-order valence-electron chi connectivity index (χ4n) is 3.46. The second kappa shape index (κ2) is 8.41. The number of carbonyl (C=O) groups excluding carboxylic acids is 2. The first-order chi connectivity index (χ1) is 14.5. The maximum absolute atomic E-state index is 13.4. The first kappa shape index (κ1) is 20.3. The van der Waals surface area contributed by atoms with Gasteiger partial charge in [0.15, 0.2) is 16.4 Å². The summed E-state index contributed by atoms with van der Waals surface area (Å²) in [7, 11) is 0. The topological polar surface area (TPSA) is 92.9 Å². The normalized spacial score (nSPS) is 15.7. The SMILES string of the molecule is CCOC(=O)C1(O)CCN(C(=O)c2sc(-c3ccco3)nc2-c2ccccc2)CC1. The van der Waals surface area contributed by atoms with Crippen molar-refractivity contribution in [2.45, 2.75) is 25.4 Å². The van der Waals surface area contributed by atoms with Crippen LogP contribution in [0.4, 0.5) is 0 Å². The highest BCUT2D eigenvalue weighted by atomic mass is 32.1. The third kappa shape index (κ3) is 3.88. The van der Waals surface area contributed by atoms with Gasteiger partial charge in [-0.2, -0.15) is 0 Å². The number of aliphatic hydroxyl groups is 1. The van der Waals surface area contributed by atoms with Gasteiger partial charge in [-0.1, -0.05) is 30.3 Å². The average Bonchev–Trinajstić information content (AvgIpc) is 3.45. The van der Waals surface area contributed by atoms with Crippen LogP contribution in [0.1, 0.15) is 29.4 Å². The van der Waals surface area contributed by atoms with Crippen molar-refractivity contribution in [2.75, 3.05) is 19.7 Å². The van der Waals surface area contributed by atoms with Crippen LogP contribution in [-0.2, 0) is 9.53 Å². The lowest BCUT2D eigenvalue weighted by Crippen LogP contribution is -2.51. The summed E-state index contributed by atoms with van der Waals surface area (Å²) in [6.07, 6.45) is 1.85. The minimum absolute atomic E-state index is 0.141. The molecule has 1 aromatic carbocycles. The van der Waals surface area contributed by atoms with E-state index in [1.807, 2.05) is 36.4 Å². The van der Waals surface area contributed by atoms with Gasteiger partial charge in [0.05, 0.1) is 18.6 Å². The molecule has 0 spiro atoms. The summed E-state index contributed by atoms with van der Waals surface area (Å²) in [5.74, 6) is -0.193. The van der Waals surface area contributed by atoms with Crippen LogP contribution in [0.2, 0.25) is 0 Å². The van der Waals surface area contributed by atoms with Gasteiger partial charge in [0.1, 0.15) is 4.88 Å². The summed E-state index contributed by atoms with van der Waals surface area (Å²) < 4.78 is 10.4. The second-order valence-electron chi connectivity index (χ2n) is 7.08. The van der Waals surface area contributed by atoms with Crippen molar-refractivity contribution in [3.05, 3.63) is 53.6 Å². The van der Waals surface area contributed by atoms with Crippen LogP contribution in [0.5, 0.6) is 0 Å². The molecule has 1 saturated heterocycles. The molecule has 3 heterocycles. The van der Waals surface area contributed by atoms with E-state index in [9.17, 15) is 14.7 Å². The van der Waals surface area contributed by atoms with Crippen LogP contribution >= 0.6 is 11.3 Å². The maximum atomic E-state index is 13.4. The lowest BCUT2D eigenvalue weighted by molar-refractivity contribution is -0.169. The molecule has 7 nitrogen and oxygen atoms in total. The van der Waals surface area contributed by atoms with Crippen molar-refractivity contribution >= 4 is 23.2 Å². The standard InChI is InChI=1S/C22H22N2O5S/c1-2-28-21(26)22(27)10-12-24(13-11-22)20(25)18-17(15-7-4-3-5-8-15)23-19(30-18)16-9-6-14-29-16/h3-9,14,27H,2,10-13H2,1H3. The quantitative estimate of drug-likeness (QED) is 0.627. The maximum Gasteiger partial charge on any atom is 0.338 e. The largest absolute Gasteiger partial charge is 0.464 e. The Morgan fingerprint density at radius 3 is 2.57 bits per heavy atom. The Kier molecular flexibility index (Phi) is 5.69. The summed E-state index contributed by atoms with van der Waals surface area (Å²) in [5, 5.41) is 11.2. The zero-order valence-corrected chi connectivity index (χ0v) is 17.4. The van der Waals surface area contributed by atoms with Crippen LogP contribution in [0.3, 0.4) is 0 Å². The molecule has 4 rings (SSSR count). The highest BCUT2D eigenvalue weighted by molar-refractivity contribution is 7.17. The Morgan fingerprint density at radius 1 is 1.20 bits per heavy atom. The molecule has 1 N–H and O–H groups in total. The van der Waals surface area contributed by atoms with E-state index in [0.29, 0.717) is 21.3 Å². The monoisotopic (exact) mass is 426 g/mol. The van der Waals surface area contributed by atoms with Gasteiger partial charge in [-0.3, -0.25) is 4.79 Å². The molecular formula is C22H22N2O5S. The van der Waals surface area contributed by atoms with Crippen molar-refractivity contribution in [3.63, 3.8) is 0 Å². The van der Waals surface area contributed by atoms with Crippen LogP contribution in [-0.4, -0.2) is 52.2 Å². The van der Waals surface area contributed by atoms with Gasteiger partial charge in [0, 0.05) is 31.5 Å². The summed E-state index contributed by atoms with van der Waals surface area (Å²) in [6, 6.07) is 13.1. The van der Waals surface area contributed by atoms with E-state index < -0.39 is 11.6 Å². The van der Waals surface area contributed by atoms with E-state index in [4.69, 9.17) is 9.15 Å². The summed E-state index contributed by atoms with van der Waals surface area (Å²) in [5.41, 5.74) is -0.0969. The molecule has 0 unspecified atom stereocenters. The van der Waals surface area contributed by atoms with Gasteiger partial charge >= 0.3 is 5.97 Å². The van der Waals surface area contributed by atoms with Crippen LogP contribution in [0.15, 0.2) is 53.1 Å². The number of hydrogen-bond acceptors (Lipinski definition) is 7. The van der Waals surface area contributed by atoms with Crippen LogP contribution in [0.25, 0.3) is 22.0 Å². The molecule has 2 aromatic heterocycles. The number of nitrogens with zero attached hydrogens (tertiary/aromatic N) is 2. The first-order valence-corrected chi connectivity index (χ1v) is 10.6. The first-order valence-electron chi connectivity index (χ1n) is 9.81. The number of aromatic nitrogens is 1. The smallest absolute Gasteiger partial charge is 0.338 e. The number of furan rings is 1. The Bertz CT molecular complexity index is 1020. The third-order valence-electron chi connectivity index (χ3n) is 5.13. The Morgan fingerprint density at radius 2 is 1.93 bits per heavy atom. The Hall–Kier alpha value is -2.97. The fraction of sp³-hybridized carbons (Fsp3) is 0.318. The number of piperidine rings is 1. The number of benzene rings is 1. The summed E-state index contributed by atoms with van der Waals surface area (Å²) in [4.78, 5) is 32.2. The molecule has 0 radical (unpaired) electrons. The van der Waals surface area contributed by atoms with Crippen molar-refractivity contribution in [1.29, 1.82) is 0 Å². The average molecular weight is 426 g/mol. The van der Waals surface area contributed by atoms with E-state index in [0.717, 1.165) is 5.56 Å². The predicted octanol–water partition coefficient (Wildman–Crippen LogP) is 3.60. The van der Waals surface area contributed by atoms with E-state index >= 15 is 0 Å². The number of thiazole rings is 1. The lowest BCUT2D eigenvalue weighted by atomic mass is 9.91. The van der Waals surface area contributed by atoms with Gasteiger partial charge in [-0.05, 0) is 19.1 Å². The van der Waals surface area contributed by atoms with Gasteiger partial charge in [-0.15, -0.1) is 11.3 Å². The highest BCUT2D eigenvalue weighted by Gasteiger charge is 2.42. The number of hydrogen-bond donors (Lipinski definition) is 1. The Balaban J connectivity index is 1.60. The van der Waals surface area contributed by atoms with E-state index in [-0.39, 0.29) is 38.4 Å². The van der Waals surface area contributed by atoms with Crippen LogP contribution < -0.4 is 0 Å². The highest BCUT2D eigenvalue weighted by Crippen LogP contribution is 2.36. The molecule has 0 bridgehead atoms. The molecule has 1 amide bonds. The van der Waals surface area contributed by atoms with Gasteiger partial charge in [0.25, 0.3) is 5.91 Å². The minimum Gasteiger partial charge on any atom is -0.464 e. The van der Waals surface area contributed by atoms with Crippen molar-refractivity contribution in [2.24, 2.45) is 0 Å². The molecular weight excluding hydrogens is 404 g/mol. The van der Waals surface area contributed by atoms with Crippen LogP contribution in [0, 0.1) is 0 Å². The van der Waals surface area contributed by atoms with Gasteiger partial charge < -0.3 is 19.2 Å². The number of rotatable bonds is 5. The molecule has 1 fully saturated rings. The number of ether oxygens (including phenoxy) is 1. The van der Waals surface area contributed by atoms with E-state index in [1.165, 1.54) is 11.3 Å². The Labute approximate surface area is 177 Å². The minimum atomic E-state index is -1.54. The lowest BCUT2D eigenvalue weighted by Gasteiger charge is -2.36. The molecule has 0 aliphatic carbocycles. The van der Waals surface area contributed by atoms with Gasteiger partial charge in [0.2, 0.25) is 0 Å². The molecule has 0 saturated carbocycles. The molecule has 8 heteroatoms. The molecule has 3 aromatic rings. The van der Waals surface area contributed by atoms with Crippen molar-refractivity contribution in [3.8, 4) is 22.0 Å². The third-order valence-corrected chi connectivity index (χ3v) is 6.19. The predicted molar refractivity (Wildman–Crippen MR) is 112 cm³/mol. The molecule has 1 aliphatic heterocycles. The summed E-state index contributed by atoms with van der Waals surface area (Å²) in [6.45, 7) is 2.43. The van der Waals surface area contributed by atoms with Crippen molar-refractivity contribution < 1.29 is 23.8 Å². The molecule has 30 heavy (non-hydrogen) atoms. The zero-order valence-electron chi connectivity index (χ0n) is 16.5. The summed E-state index contributed by atoms with van der Waals surface area (Å²) >= 11 is 1.28. The second-order valence-corrected chi connectivity index (χ2v) is 8.08. The number of amides is 1. The van der Waals surface area contributed by atoms with E-state index in [2.05, 4.69) is 4.98 Å². The zero-order chi connectivity index (χ0) is 21.1. The van der Waals surface area contributed by atoms with E-state index in [1.54, 1.807) is 24.2 Å². The molecule has 0 atom stereocenters. The number of carbonyl (C=O) groups is 2. The fourth-order valence-corrected chi connectivity index (χ4v) is 4.48.